The Morgan fingerprint density at radius 1 is 1.25 bits per heavy atom. The van der Waals surface area contributed by atoms with Crippen molar-refractivity contribution in [2.75, 3.05) is 32.1 Å². The second-order valence-electron chi connectivity index (χ2n) is 7.72. The largest absolute Gasteiger partial charge is 0.496 e. The summed E-state index contributed by atoms with van der Waals surface area (Å²) in [5, 5.41) is 6.99. The Balaban J connectivity index is 1.48. The summed E-state index contributed by atoms with van der Waals surface area (Å²) in [6, 6.07) is 7.60. The van der Waals surface area contributed by atoms with Gasteiger partial charge in [-0.05, 0) is 37.8 Å². The van der Waals surface area contributed by atoms with Crippen molar-refractivity contribution in [2.24, 2.45) is 5.92 Å². The molecule has 32 heavy (non-hydrogen) atoms. The highest BCUT2D eigenvalue weighted by atomic mass is 16.5. The predicted octanol–water partition coefficient (Wildman–Crippen LogP) is 2.26. The molecule has 1 atom stereocenters. The molecule has 9 nitrogen and oxygen atoms in total. The predicted molar refractivity (Wildman–Crippen MR) is 118 cm³/mol. The molecule has 172 valence electrons. The molecule has 0 aliphatic carbocycles. The molecule has 1 N–H and O–H groups in total. The van der Waals surface area contributed by atoms with Gasteiger partial charge in [-0.2, -0.15) is 5.10 Å². The van der Waals surface area contributed by atoms with Crippen LogP contribution in [0.2, 0.25) is 0 Å². The fourth-order valence-electron chi connectivity index (χ4n) is 3.79. The molecular formula is C23H30N4O5. The van der Waals surface area contributed by atoms with Crippen molar-refractivity contribution in [1.29, 1.82) is 0 Å². The fourth-order valence-corrected chi connectivity index (χ4v) is 3.79. The molecule has 0 saturated carbocycles. The number of carbonyl (C=O) groups is 3. The van der Waals surface area contributed by atoms with E-state index in [0.717, 1.165) is 24.2 Å². The number of nitrogens with zero attached hydrogens (tertiary/aromatic N) is 3. The molecule has 1 aliphatic heterocycles. The average Bonchev–Trinajstić information content (AvgIpc) is 3.24. The highest BCUT2D eigenvalue weighted by molar-refractivity contribution is 5.90. The van der Waals surface area contributed by atoms with Gasteiger partial charge in [0.2, 0.25) is 11.8 Å². The fraction of sp³-hybridized carbons (Fsp3) is 0.478. The normalized spacial score (nSPS) is 15.8. The molecule has 2 heterocycles. The van der Waals surface area contributed by atoms with E-state index >= 15 is 0 Å². The van der Waals surface area contributed by atoms with Gasteiger partial charge in [0, 0.05) is 25.7 Å². The molecule has 1 aromatic heterocycles. The van der Waals surface area contributed by atoms with Gasteiger partial charge in [-0.1, -0.05) is 18.2 Å². The van der Waals surface area contributed by atoms with Gasteiger partial charge in [-0.25, -0.2) is 0 Å². The van der Waals surface area contributed by atoms with Crippen LogP contribution in [0.15, 0.2) is 36.7 Å². The monoisotopic (exact) mass is 442 g/mol. The summed E-state index contributed by atoms with van der Waals surface area (Å²) < 4.78 is 11.9. The van der Waals surface area contributed by atoms with Gasteiger partial charge in [-0.3, -0.25) is 19.1 Å². The number of hydrogen-bond acceptors (Lipinski definition) is 6. The summed E-state index contributed by atoms with van der Waals surface area (Å²) in [6.45, 7) is 3.14. The van der Waals surface area contributed by atoms with Crippen molar-refractivity contribution in [3.63, 3.8) is 0 Å². The van der Waals surface area contributed by atoms with E-state index in [1.807, 2.05) is 24.3 Å². The number of methoxy groups -OCH3 is 1. The summed E-state index contributed by atoms with van der Waals surface area (Å²) >= 11 is 0. The molecule has 1 fully saturated rings. The number of nitrogens with one attached hydrogen (secondary N) is 1. The summed E-state index contributed by atoms with van der Waals surface area (Å²) in [4.78, 5) is 38.6. The summed E-state index contributed by atoms with van der Waals surface area (Å²) in [7, 11) is 1.61. The van der Waals surface area contributed by atoms with E-state index in [1.165, 1.54) is 10.9 Å². The van der Waals surface area contributed by atoms with Crippen LogP contribution >= 0.6 is 0 Å². The lowest BCUT2D eigenvalue weighted by Crippen LogP contribution is -2.44. The first kappa shape index (κ1) is 23.3. The van der Waals surface area contributed by atoms with Gasteiger partial charge in [0.1, 0.15) is 12.3 Å². The van der Waals surface area contributed by atoms with Crippen LogP contribution in [0.5, 0.6) is 5.75 Å². The van der Waals surface area contributed by atoms with Crippen molar-refractivity contribution < 1.29 is 23.9 Å². The Labute approximate surface area is 187 Å². The smallest absolute Gasteiger partial charge is 0.310 e. The zero-order valence-corrected chi connectivity index (χ0v) is 18.6. The third-order valence-electron chi connectivity index (χ3n) is 5.42. The number of aryl methyl sites for hydroxylation is 1. The first-order valence-corrected chi connectivity index (χ1v) is 10.9. The van der Waals surface area contributed by atoms with Crippen molar-refractivity contribution in [3.05, 3.63) is 42.2 Å². The van der Waals surface area contributed by atoms with E-state index in [4.69, 9.17) is 9.47 Å². The first-order chi connectivity index (χ1) is 15.5. The molecule has 0 spiro atoms. The number of aromatic nitrogens is 2. The molecule has 2 amide bonds. The van der Waals surface area contributed by atoms with Gasteiger partial charge in [0.05, 0.1) is 31.5 Å². The molecular weight excluding hydrogens is 412 g/mol. The van der Waals surface area contributed by atoms with E-state index in [2.05, 4.69) is 10.4 Å². The van der Waals surface area contributed by atoms with Gasteiger partial charge in [-0.15, -0.1) is 0 Å². The Hall–Kier alpha value is -3.36. The van der Waals surface area contributed by atoms with Crippen LogP contribution in [0, 0.1) is 5.92 Å². The highest BCUT2D eigenvalue weighted by Gasteiger charge is 2.29. The molecule has 3 rings (SSSR count). The van der Waals surface area contributed by atoms with E-state index in [9.17, 15) is 14.4 Å². The van der Waals surface area contributed by atoms with Gasteiger partial charge >= 0.3 is 5.97 Å². The number of ether oxygens (including phenoxy) is 2. The highest BCUT2D eigenvalue weighted by Crippen LogP contribution is 2.20. The number of esters is 1. The van der Waals surface area contributed by atoms with Crippen molar-refractivity contribution in [2.45, 2.75) is 39.2 Å². The van der Waals surface area contributed by atoms with E-state index < -0.39 is 0 Å². The van der Waals surface area contributed by atoms with Crippen LogP contribution in [0.1, 0.15) is 31.7 Å². The Morgan fingerprint density at radius 2 is 2.06 bits per heavy atom. The number of hydrogen-bond donors (Lipinski definition) is 1. The van der Waals surface area contributed by atoms with Gasteiger partial charge < -0.3 is 19.7 Å². The second-order valence-corrected chi connectivity index (χ2v) is 7.72. The number of benzene rings is 1. The number of piperidine rings is 1. The minimum atomic E-state index is -0.275. The number of carbonyl (C=O) groups excluding carboxylic acids is 3. The van der Waals surface area contributed by atoms with Gasteiger partial charge in [0.25, 0.3) is 0 Å². The zero-order valence-electron chi connectivity index (χ0n) is 18.6. The maximum absolute atomic E-state index is 12.7. The lowest BCUT2D eigenvalue weighted by atomic mass is 9.98. The maximum Gasteiger partial charge on any atom is 0.310 e. The lowest BCUT2D eigenvalue weighted by molar-refractivity contribution is -0.151. The maximum atomic E-state index is 12.7. The Morgan fingerprint density at radius 3 is 2.84 bits per heavy atom. The van der Waals surface area contributed by atoms with Gasteiger partial charge in [0.15, 0.2) is 0 Å². The SMILES string of the molecule is CCOC(=O)[C@H]1CCCN(C(=O)Cn2cc(NC(=O)CCc3ccccc3OC)cn2)C1. The van der Waals surface area contributed by atoms with Crippen LogP contribution in [0.25, 0.3) is 0 Å². The van der Waals surface area contributed by atoms with E-state index in [1.54, 1.807) is 25.1 Å². The quantitative estimate of drug-likeness (QED) is 0.598. The van der Waals surface area contributed by atoms with E-state index in [-0.39, 0.29) is 30.2 Å². The molecule has 0 bridgehead atoms. The van der Waals surface area contributed by atoms with Crippen LogP contribution in [0.3, 0.4) is 0 Å². The summed E-state index contributed by atoms with van der Waals surface area (Å²) in [5.41, 5.74) is 1.50. The Bertz CT molecular complexity index is 942. The molecule has 2 aromatic rings. The average molecular weight is 443 g/mol. The second kappa shape index (κ2) is 11.3. The molecule has 1 aromatic carbocycles. The minimum absolute atomic E-state index is 0.0482. The number of likely N-dealkylation sites (tertiary alicyclic amines) is 1. The van der Waals surface area contributed by atoms with Crippen LogP contribution in [0.4, 0.5) is 5.69 Å². The van der Waals surface area contributed by atoms with Crippen LogP contribution < -0.4 is 10.1 Å². The van der Waals surface area contributed by atoms with Crippen molar-refractivity contribution in [3.8, 4) is 5.75 Å². The Kier molecular flexibility index (Phi) is 8.24. The minimum Gasteiger partial charge on any atom is -0.496 e. The number of amides is 2. The third kappa shape index (κ3) is 6.32. The summed E-state index contributed by atoms with van der Waals surface area (Å²) in [6.07, 6.45) is 5.50. The van der Waals surface area contributed by atoms with E-state index in [0.29, 0.717) is 38.2 Å². The molecule has 1 aliphatic rings. The summed E-state index contributed by atoms with van der Waals surface area (Å²) in [5.74, 6) is -0.0219. The molecule has 1 saturated heterocycles. The molecule has 0 unspecified atom stereocenters. The third-order valence-corrected chi connectivity index (χ3v) is 5.42. The molecule has 0 radical (unpaired) electrons. The number of para-hydroxylation sites is 1. The standard InChI is InChI=1S/C23H30N4O5/c1-3-32-23(30)18-8-6-12-26(14-18)22(29)16-27-15-19(13-24-27)25-21(28)11-10-17-7-4-5-9-20(17)31-2/h4-5,7,9,13,15,18H,3,6,8,10-12,14,16H2,1-2H3,(H,25,28)/t18-/m0/s1. The van der Waals surface area contributed by atoms with Crippen LogP contribution in [-0.4, -0.2) is 59.3 Å². The number of rotatable bonds is 9. The van der Waals surface area contributed by atoms with Crippen molar-refractivity contribution in [1.82, 2.24) is 14.7 Å². The first-order valence-electron chi connectivity index (χ1n) is 10.9. The van der Waals surface area contributed by atoms with Crippen LogP contribution in [-0.2, 0) is 32.1 Å². The number of anilines is 1. The van der Waals surface area contributed by atoms with Crippen molar-refractivity contribution >= 4 is 23.5 Å². The lowest BCUT2D eigenvalue weighted by Gasteiger charge is -2.31. The molecule has 9 heteroatoms. The topological polar surface area (TPSA) is 103 Å². The zero-order chi connectivity index (χ0) is 22.9.